The van der Waals surface area contributed by atoms with E-state index in [1.54, 1.807) is 55.5 Å². The highest BCUT2D eigenvalue weighted by Gasteiger charge is 2.35. The van der Waals surface area contributed by atoms with Crippen molar-refractivity contribution in [3.8, 4) is 11.5 Å². The molecule has 9 heteroatoms. The maximum absolute atomic E-state index is 12.8. The van der Waals surface area contributed by atoms with Crippen molar-refractivity contribution in [2.45, 2.75) is 13.5 Å². The van der Waals surface area contributed by atoms with Gasteiger partial charge < -0.3 is 14.2 Å². The van der Waals surface area contributed by atoms with E-state index in [4.69, 9.17) is 25.8 Å². The number of rotatable bonds is 8. The molecule has 3 rings (SSSR count). The summed E-state index contributed by atoms with van der Waals surface area (Å²) < 4.78 is 15.6. The van der Waals surface area contributed by atoms with Crippen molar-refractivity contribution in [3.63, 3.8) is 0 Å². The van der Waals surface area contributed by atoms with Gasteiger partial charge in [0.1, 0.15) is 0 Å². The lowest BCUT2D eigenvalue weighted by atomic mass is 10.1. The molecule has 2 amide bonds. The summed E-state index contributed by atoms with van der Waals surface area (Å²) >= 11 is 6.75. The molecule has 2 aromatic carbocycles. The quantitative estimate of drug-likeness (QED) is 0.422. The summed E-state index contributed by atoms with van der Waals surface area (Å²) in [7, 11) is 1.48. The van der Waals surface area contributed by atoms with Crippen molar-refractivity contribution < 1.29 is 28.6 Å². The molecule has 1 fully saturated rings. The van der Waals surface area contributed by atoms with Gasteiger partial charge in [-0.3, -0.25) is 14.5 Å². The number of nitrogens with zero attached hydrogens (tertiary/aromatic N) is 1. The van der Waals surface area contributed by atoms with Crippen LogP contribution in [0.3, 0.4) is 0 Å². The van der Waals surface area contributed by atoms with Gasteiger partial charge in [0.15, 0.2) is 18.1 Å². The molecule has 1 aliphatic heterocycles. The highest BCUT2D eigenvalue weighted by molar-refractivity contribution is 8.18. The second-order valence-electron chi connectivity index (χ2n) is 6.40. The molecule has 7 nitrogen and oxygen atoms in total. The third kappa shape index (κ3) is 5.80. The Morgan fingerprint density at radius 3 is 2.55 bits per heavy atom. The van der Waals surface area contributed by atoms with E-state index < -0.39 is 5.97 Å². The topological polar surface area (TPSA) is 82.1 Å². The SMILES string of the molecule is CCOC(=O)COc1cc(/C=C2\SC(=O)N(Cc3ccc(Cl)cc3)C2=O)ccc1OC. The second kappa shape index (κ2) is 10.4. The molecule has 162 valence electrons. The number of carbonyl (C=O) groups excluding carboxylic acids is 3. The minimum atomic E-state index is -0.502. The Hall–Kier alpha value is -2.97. The molecular formula is C22H20ClNO6S. The standard InChI is InChI=1S/C22H20ClNO6S/c1-3-29-20(25)13-30-18-10-15(6-9-17(18)28-2)11-19-21(26)24(22(27)31-19)12-14-4-7-16(23)8-5-14/h4-11H,3,12-13H2,1-2H3/b19-11-. The first-order valence-corrected chi connectivity index (χ1v) is 10.6. The molecule has 0 saturated carbocycles. The first kappa shape index (κ1) is 22.7. The smallest absolute Gasteiger partial charge is 0.344 e. The number of methoxy groups -OCH3 is 1. The van der Waals surface area contributed by atoms with Gasteiger partial charge in [-0.1, -0.05) is 29.8 Å². The van der Waals surface area contributed by atoms with E-state index in [0.717, 1.165) is 17.3 Å². The Kier molecular flexibility index (Phi) is 7.59. The van der Waals surface area contributed by atoms with Crippen LogP contribution in [0.25, 0.3) is 6.08 Å². The molecule has 2 aromatic rings. The third-order valence-electron chi connectivity index (χ3n) is 4.26. The fourth-order valence-corrected chi connectivity index (χ4v) is 3.76. The molecule has 0 aliphatic carbocycles. The van der Waals surface area contributed by atoms with E-state index in [9.17, 15) is 14.4 Å². The Morgan fingerprint density at radius 1 is 1.13 bits per heavy atom. The number of ether oxygens (including phenoxy) is 3. The lowest BCUT2D eigenvalue weighted by molar-refractivity contribution is -0.145. The number of hydrogen-bond donors (Lipinski definition) is 0. The van der Waals surface area contributed by atoms with Gasteiger partial charge in [0.25, 0.3) is 11.1 Å². The predicted molar refractivity (Wildman–Crippen MR) is 118 cm³/mol. The molecule has 0 N–H and O–H groups in total. The van der Waals surface area contributed by atoms with Crippen LogP contribution in [0.5, 0.6) is 11.5 Å². The molecule has 0 spiro atoms. The number of thioether (sulfide) groups is 1. The van der Waals surface area contributed by atoms with Gasteiger partial charge in [-0.2, -0.15) is 0 Å². The van der Waals surface area contributed by atoms with Gasteiger partial charge >= 0.3 is 5.97 Å². The average molecular weight is 462 g/mol. The maximum Gasteiger partial charge on any atom is 0.344 e. The fourth-order valence-electron chi connectivity index (χ4n) is 2.80. The zero-order valence-electron chi connectivity index (χ0n) is 16.9. The van der Waals surface area contributed by atoms with Crippen LogP contribution in [-0.4, -0.2) is 42.3 Å². The number of esters is 1. The number of amides is 2. The number of benzene rings is 2. The summed E-state index contributed by atoms with van der Waals surface area (Å²) in [6, 6.07) is 12.0. The summed E-state index contributed by atoms with van der Waals surface area (Å²) in [5, 5.41) is 0.233. The molecule has 0 bridgehead atoms. The summed E-state index contributed by atoms with van der Waals surface area (Å²) in [6.07, 6.45) is 1.60. The summed E-state index contributed by atoms with van der Waals surface area (Å²) in [5.74, 6) is -0.130. The first-order valence-electron chi connectivity index (χ1n) is 9.37. The minimum Gasteiger partial charge on any atom is -0.493 e. The van der Waals surface area contributed by atoms with Crippen LogP contribution in [0.4, 0.5) is 4.79 Å². The molecule has 1 saturated heterocycles. The van der Waals surface area contributed by atoms with E-state index in [1.165, 1.54) is 12.0 Å². The van der Waals surface area contributed by atoms with Crippen LogP contribution >= 0.6 is 23.4 Å². The monoisotopic (exact) mass is 461 g/mol. The first-order chi connectivity index (χ1) is 14.9. The van der Waals surface area contributed by atoms with Crippen LogP contribution in [0.1, 0.15) is 18.1 Å². The summed E-state index contributed by atoms with van der Waals surface area (Å²) in [4.78, 5) is 38.2. The molecule has 0 unspecified atom stereocenters. The van der Waals surface area contributed by atoms with Crippen LogP contribution < -0.4 is 9.47 Å². The maximum atomic E-state index is 12.8. The number of hydrogen-bond acceptors (Lipinski definition) is 7. The molecule has 0 atom stereocenters. The van der Waals surface area contributed by atoms with Gasteiger partial charge in [0.05, 0.1) is 25.2 Å². The fraction of sp³-hybridized carbons (Fsp3) is 0.227. The minimum absolute atomic E-state index is 0.162. The predicted octanol–water partition coefficient (Wildman–Crippen LogP) is 4.53. The Labute approximate surface area is 188 Å². The van der Waals surface area contributed by atoms with Crippen LogP contribution in [0.15, 0.2) is 47.4 Å². The highest BCUT2D eigenvalue weighted by Crippen LogP contribution is 2.35. The van der Waals surface area contributed by atoms with E-state index in [2.05, 4.69) is 0 Å². The molecule has 0 aromatic heterocycles. The van der Waals surface area contributed by atoms with Gasteiger partial charge in [-0.15, -0.1) is 0 Å². The third-order valence-corrected chi connectivity index (χ3v) is 5.42. The molecule has 1 heterocycles. The number of halogens is 1. The normalized spacial score (nSPS) is 14.8. The van der Waals surface area contributed by atoms with Crippen molar-refractivity contribution in [1.82, 2.24) is 4.90 Å². The largest absolute Gasteiger partial charge is 0.493 e. The van der Waals surface area contributed by atoms with Crippen molar-refractivity contribution in [3.05, 3.63) is 63.5 Å². The Bertz CT molecular complexity index is 1020. The van der Waals surface area contributed by atoms with Gasteiger partial charge in [-0.25, -0.2) is 4.79 Å². The molecule has 0 radical (unpaired) electrons. The van der Waals surface area contributed by atoms with Crippen molar-refractivity contribution in [2.75, 3.05) is 20.3 Å². The number of carbonyl (C=O) groups is 3. The van der Waals surface area contributed by atoms with Crippen LogP contribution in [-0.2, 0) is 20.9 Å². The van der Waals surface area contributed by atoms with Gasteiger partial charge in [0, 0.05) is 5.02 Å². The van der Waals surface area contributed by atoms with E-state index in [-0.39, 0.29) is 30.9 Å². The van der Waals surface area contributed by atoms with E-state index >= 15 is 0 Å². The molecular weight excluding hydrogens is 442 g/mol. The van der Waals surface area contributed by atoms with Crippen molar-refractivity contribution >= 4 is 46.6 Å². The summed E-state index contributed by atoms with van der Waals surface area (Å²) in [5.41, 5.74) is 1.42. The highest BCUT2D eigenvalue weighted by atomic mass is 35.5. The Balaban J connectivity index is 1.76. The van der Waals surface area contributed by atoms with E-state index in [1.807, 2.05) is 0 Å². The molecule has 31 heavy (non-hydrogen) atoms. The van der Waals surface area contributed by atoms with Crippen molar-refractivity contribution in [2.24, 2.45) is 0 Å². The van der Waals surface area contributed by atoms with Crippen LogP contribution in [0, 0.1) is 0 Å². The summed E-state index contributed by atoms with van der Waals surface area (Å²) in [6.45, 7) is 1.85. The zero-order chi connectivity index (χ0) is 22.4. The lowest BCUT2D eigenvalue weighted by Crippen LogP contribution is -2.27. The Morgan fingerprint density at radius 2 is 1.87 bits per heavy atom. The molecule has 1 aliphatic rings. The number of imide groups is 1. The van der Waals surface area contributed by atoms with Crippen LogP contribution in [0.2, 0.25) is 5.02 Å². The second-order valence-corrected chi connectivity index (χ2v) is 7.83. The van der Waals surface area contributed by atoms with Gasteiger partial charge in [-0.05, 0) is 60.2 Å². The lowest BCUT2D eigenvalue weighted by Gasteiger charge is -2.12. The average Bonchev–Trinajstić information content (AvgIpc) is 3.01. The van der Waals surface area contributed by atoms with Crippen molar-refractivity contribution in [1.29, 1.82) is 0 Å². The van der Waals surface area contributed by atoms with Gasteiger partial charge in [0.2, 0.25) is 0 Å². The van der Waals surface area contributed by atoms with E-state index in [0.29, 0.717) is 27.0 Å². The zero-order valence-corrected chi connectivity index (χ0v) is 18.5.